The van der Waals surface area contributed by atoms with Gasteiger partial charge < -0.3 is 0 Å². The molecular formula is C24H15N7. The van der Waals surface area contributed by atoms with Gasteiger partial charge in [-0.15, -0.1) is 0 Å². The summed E-state index contributed by atoms with van der Waals surface area (Å²) in [7, 11) is 0. The van der Waals surface area contributed by atoms with Gasteiger partial charge in [-0.05, 0) is 0 Å². The van der Waals surface area contributed by atoms with E-state index in [1.54, 1.807) is 4.90 Å². The Kier molecular flexibility index (Phi) is 3.96. The summed E-state index contributed by atoms with van der Waals surface area (Å²) in [4.78, 5) is 29.9. The Morgan fingerprint density at radius 1 is 0.355 bits per heavy atom. The van der Waals surface area contributed by atoms with E-state index in [0.29, 0.717) is 35.4 Å². The average molecular weight is 401 g/mol. The van der Waals surface area contributed by atoms with Gasteiger partial charge in [0.1, 0.15) is 0 Å². The van der Waals surface area contributed by atoms with Crippen molar-refractivity contribution in [2.75, 3.05) is 0 Å². The van der Waals surface area contributed by atoms with Crippen molar-refractivity contribution in [3.05, 3.63) is 108 Å². The van der Waals surface area contributed by atoms with Gasteiger partial charge in [0.15, 0.2) is 17.5 Å². The van der Waals surface area contributed by atoms with E-state index < -0.39 is 0 Å². The molecule has 0 unspecified atom stereocenters. The van der Waals surface area contributed by atoms with Gasteiger partial charge in [-0.2, -0.15) is 30.0 Å². The van der Waals surface area contributed by atoms with Gasteiger partial charge in [-0.1, -0.05) is 91.0 Å². The van der Waals surface area contributed by atoms with Gasteiger partial charge in [-0.25, -0.2) is 4.90 Å². The van der Waals surface area contributed by atoms with Crippen LogP contribution in [-0.2, 0) is 0 Å². The highest BCUT2D eigenvalue weighted by Gasteiger charge is 2.35. The van der Waals surface area contributed by atoms with Crippen LogP contribution in [0.4, 0.5) is 0 Å². The Morgan fingerprint density at radius 2 is 0.645 bits per heavy atom. The van der Waals surface area contributed by atoms with Crippen molar-refractivity contribution in [1.29, 1.82) is 0 Å². The maximum absolute atomic E-state index is 4.70. The van der Waals surface area contributed by atoms with Gasteiger partial charge in [0, 0.05) is 16.7 Å². The third kappa shape index (κ3) is 3.08. The number of benzene rings is 3. The zero-order valence-corrected chi connectivity index (χ0v) is 16.3. The first-order valence-corrected chi connectivity index (χ1v) is 9.84. The van der Waals surface area contributed by atoms with Gasteiger partial charge in [-0.3, -0.25) is 0 Å². The van der Waals surface area contributed by atoms with Crippen LogP contribution >= 0.6 is 0 Å². The highest BCUT2D eigenvalue weighted by Crippen LogP contribution is 2.22. The molecule has 0 radical (unpaired) electrons. The zero-order chi connectivity index (χ0) is 20.6. The molecule has 0 spiro atoms. The lowest BCUT2D eigenvalue weighted by Gasteiger charge is -2.30. The molecule has 0 aliphatic carbocycles. The topological polar surface area (TPSA) is 77.4 Å². The van der Waals surface area contributed by atoms with Crippen LogP contribution in [0.25, 0.3) is 0 Å². The molecule has 0 saturated heterocycles. The van der Waals surface area contributed by atoms with E-state index in [0.717, 1.165) is 16.7 Å². The molecule has 0 atom stereocenters. The first-order valence-electron chi connectivity index (χ1n) is 9.84. The summed E-state index contributed by atoms with van der Waals surface area (Å²) in [5.41, 5.74) is 2.67. The summed E-state index contributed by atoms with van der Waals surface area (Å²) < 4.78 is 0. The second-order valence-corrected chi connectivity index (χ2v) is 6.98. The Bertz CT molecular complexity index is 1180. The van der Waals surface area contributed by atoms with Crippen molar-refractivity contribution in [2.45, 2.75) is 0 Å². The minimum atomic E-state index is 0.451. The lowest BCUT2D eigenvalue weighted by Crippen LogP contribution is -2.48. The summed E-state index contributed by atoms with van der Waals surface area (Å²) in [5, 5.41) is 0. The molecular weight excluding hydrogens is 386 g/mol. The molecule has 7 heteroatoms. The predicted molar refractivity (Wildman–Crippen MR) is 123 cm³/mol. The fourth-order valence-corrected chi connectivity index (χ4v) is 3.44. The smallest absolute Gasteiger partial charge is 0.213 e. The van der Waals surface area contributed by atoms with Crippen LogP contribution in [-0.4, -0.2) is 40.3 Å². The van der Waals surface area contributed by atoms with E-state index in [-0.39, 0.29) is 0 Å². The molecule has 3 heterocycles. The number of rotatable bonds is 3. The van der Waals surface area contributed by atoms with Gasteiger partial charge >= 0.3 is 0 Å². The highest BCUT2D eigenvalue weighted by atomic mass is 15.5. The minimum absolute atomic E-state index is 0.451. The Morgan fingerprint density at radius 3 is 0.935 bits per heavy atom. The van der Waals surface area contributed by atoms with Crippen LogP contribution in [0.2, 0.25) is 0 Å². The Balaban J connectivity index is 1.55. The van der Waals surface area contributed by atoms with E-state index in [4.69, 9.17) is 30.0 Å². The predicted octanol–water partition coefficient (Wildman–Crippen LogP) is 3.74. The maximum atomic E-state index is 4.70. The largest absolute Gasteiger partial charge is 0.243 e. The standard InChI is InChI=1S/C24H15N7/c1-4-10-16(11-5-1)19-25-22-27-20(17-12-6-2-7-13-17)29-24-30-21(18-14-8-3-9-15-18)28-23(26-19)31(22)24/h1-15H. The number of guanidine groups is 3. The molecule has 0 aromatic heterocycles. The van der Waals surface area contributed by atoms with Crippen LogP contribution in [0.3, 0.4) is 0 Å². The summed E-state index contributed by atoms with van der Waals surface area (Å²) in [6.45, 7) is 0. The Hall–Kier alpha value is -4.52. The summed E-state index contributed by atoms with van der Waals surface area (Å²) in [5.74, 6) is 3.01. The molecule has 146 valence electrons. The number of amidine groups is 3. The average Bonchev–Trinajstić information content (AvgIpc) is 2.85. The molecule has 0 bridgehead atoms. The van der Waals surface area contributed by atoms with Crippen molar-refractivity contribution in [1.82, 2.24) is 4.90 Å². The number of aliphatic imine (C=N–C) groups is 6. The molecule has 31 heavy (non-hydrogen) atoms. The van der Waals surface area contributed by atoms with E-state index in [2.05, 4.69) is 0 Å². The molecule has 3 aromatic rings. The van der Waals surface area contributed by atoms with Crippen LogP contribution in [0.1, 0.15) is 16.7 Å². The molecule has 3 aromatic carbocycles. The van der Waals surface area contributed by atoms with Crippen molar-refractivity contribution < 1.29 is 0 Å². The van der Waals surface area contributed by atoms with Crippen molar-refractivity contribution in [2.24, 2.45) is 30.0 Å². The van der Waals surface area contributed by atoms with Gasteiger partial charge in [0.05, 0.1) is 0 Å². The second-order valence-electron chi connectivity index (χ2n) is 6.98. The SMILES string of the molecule is c1ccc(C2=NC3=NC(c4ccccc4)=NC4=NC(c5ccccc5)=NC(=N2)N34)cc1. The fraction of sp³-hybridized carbons (Fsp3) is 0. The number of hydrogen-bond acceptors (Lipinski definition) is 7. The summed E-state index contributed by atoms with van der Waals surface area (Å²) in [6, 6.07) is 29.4. The lowest BCUT2D eigenvalue weighted by molar-refractivity contribution is 0.828. The zero-order valence-electron chi connectivity index (χ0n) is 16.3. The summed E-state index contributed by atoms with van der Waals surface area (Å²) in [6.07, 6.45) is 0. The fourth-order valence-electron chi connectivity index (χ4n) is 3.44. The van der Waals surface area contributed by atoms with Crippen LogP contribution < -0.4 is 0 Å². The normalized spacial score (nSPS) is 16.8. The van der Waals surface area contributed by atoms with E-state index in [9.17, 15) is 0 Å². The number of hydrogen-bond donors (Lipinski definition) is 0. The highest BCUT2D eigenvalue weighted by molar-refractivity contribution is 6.34. The second kappa shape index (κ2) is 7.07. The molecule has 0 saturated carbocycles. The molecule has 0 amide bonds. The lowest BCUT2D eigenvalue weighted by atomic mass is 10.2. The number of nitrogens with zero attached hydrogens (tertiary/aromatic N) is 7. The van der Waals surface area contributed by atoms with Crippen molar-refractivity contribution in [3.8, 4) is 0 Å². The molecule has 6 rings (SSSR count). The molecule has 7 nitrogen and oxygen atoms in total. The molecule has 3 aliphatic rings. The quantitative estimate of drug-likeness (QED) is 0.659. The first-order chi connectivity index (χ1) is 15.3. The Labute approximate surface area is 178 Å². The molecule has 0 fully saturated rings. The van der Waals surface area contributed by atoms with Gasteiger partial charge in [0.25, 0.3) is 0 Å². The third-order valence-corrected chi connectivity index (χ3v) is 4.93. The van der Waals surface area contributed by atoms with E-state index in [1.807, 2.05) is 91.0 Å². The summed E-state index contributed by atoms with van der Waals surface area (Å²) >= 11 is 0. The first kappa shape index (κ1) is 17.3. The third-order valence-electron chi connectivity index (χ3n) is 4.93. The van der Waals surface area contributed by atoms with Crippen molar-refractivity contribution in [3.63, 3.8) is 0 Å². The van der Waals surface area contributed by atoms with Gasteiger partial charge in [0.2, 0.25) is 17.9 Å². The maximum Gasteiger partial charge on any atom is 0.243 e. The van der Waals surface area contributed by atoms with Crippen LogP contribution in [0.5, 0.6) is 0 Å². The van der Waals surface area contributed by atoms with Crippen LogP contribution in [0, 0.1) is 0 Å². The minimum Gasteiger partial charge on any atom is -0.213 e. The van der Waals surface area contributed by atoms with Crippen molar-refractivity contribution >= 4 is 35.4 Å². The molecule has 0 N–H and O–H groups in total. The molecule has 3 aliphatic heterocycles. The van der Waals surface area contributed by atoms with E-state index >= 15 is 0 Å². The van der Waals surface area contributed by atoms with E-state index in [1.165, 1.54) is 0 Å². The monoisotopic (exact) mass is 401 g/mol. The van der Waals surface area contributed by atoms with Crippen LogP contribution in [0.15, 0.2) is 121 Å².